The van der Waals surface area contributed by atoms with Crippen LogP contribution in [0.15, 0.2) is 33.5 Å². The minimum atomic E-state index is -0.477. The molecule has 4 rings (SSSR count). The first-order chi connectivity index (χ1) is 12.7. The molecule has 0 saturated heterocycles. The topological polar surface area (TPSA) is 67.4 Å². The third-order valence-electron chi connectivity index (χ3n) is 4.00. The molecule has 0 radical (unpaired) electrons. The van der Waals surface area contributed by atoms with Gasteiger partial charge in [0.05, 0.1) is 0 Å². The lowest BCUT2D eigenvalue weighted by Crippen LogP contribution is -2.36. The normalized spacial score (nSPS) is 14.6. The summed E-state index contributed by atoms with van der Waals surface area (Å²) in [6.45, 7) is 7.23. The Hall–Kier alpha value is -1.67. The van der Waals surface area contributed by atoms with E-state index in [0.29, 0.717) is 12.4 Å². The average molecular weight is 498 g/mol. The number of aromatic nitrogens is 2. The molecule has 27 heavy (non-hydrogen) atoms. The van der Waals surface area contributed by atoms with Crippen molar-refractivity contribution >= 4 is 49.6 Å². The van der Waals surface area contributed by atoms with Crippen LogP contribution >= 0.6 is 31.9 Å². The summed E-state index contributed by atoms with van der Waals surface area (Å²) in [6, 6.07) is 4.11. The predicted molar refractivity (Wildman–Crippen MR) is 113 cm³/mol. The number of nitrogens with one attached hydrogen (secondary N) is 1. The molecule has 0 aliphatic carbocycles. The molecule has 0 aromatic carbocycles. The summed E-state index contributed by atoms with van der Waals surface area (Å²) in [5.41, 5.74) is 1.91. The van der Waals surface area contributed by atoms with E-state index in [9.17, 15) is 4.79 Å². The fourth-order valence-corrected chi connectivity index (χ4v) is 3.64. The largest absolute Gasteiger partial charge is 0.443 e. The van der Waals surface area contributed by atoms with Crippen molar-refractivity contribution in [1.82, 2.24) is 9.97 Å². The maximum absolute atomic E-state index is 12.0. The molecule has 2 aromatic heterocycles. The van der Waals surface area contributed by atoms with Gasteiger partial charge in [0.25, 0.3) is 0 Å². The van der Waals surface area contributed by atoms with Crippen LogP contribution in [0.2, 0.25) is 0 Å². The molecule has 0 atom stereocenters. The summed E-state index contributed by atoms with van der Waals surface area (Å²) in [5, 5.41) is 3.20. The number of amides is 1. The van der Waals surface area contributed by atoms with Crippen LogP contribution in [-0.2, 0) is 17.6 Å². The van der Waals surface area contributed by atoms with Gasteiger partial charge in [-0.1, -0.05) is 0 Å². The van der Waals surface area contributed by atoms with Gasteiger partial charge < -0.3 is 10.1 Å². The van der Waals surface area contributed by atoms with Crippen molar-refractivity contribution in [2.24, 2.45) is 0 Å². The van der Waals surface area contributed by atoms with E-state index in [2.05, 4.69) is 53.2 Å². The van der Waals surface area contributed by atoms with E-state index in [1.165, 1.54) is 5.56 Å². The lowest BCUT2D eigenvalue weighted by molar-refractivity contribution is 0.0583. The van der Waals surface area contributed by atoms with E-state index >= 15 is 0 Å². The third kappa shape index (κ3) is 5.19. The number of carbonyl (C=O) groups is 1. The number of ether oxygens (including phenoxy) is 1. The molecule has 1 amide bonds. The highest BCUT2D eigenvalue weighted by molar-refractivity contribution is 9.10. The standard InChI is InChI=1S/C12H15BrN2O2.C7H7BrN2/c1-12(2,3)17-11(16)15-5-4-8-6-9(13)7-14-10(8)15;8-6-3-5-1-2-9-7(5)10-4-6/h6-7H,4-5H2,1-3H3;3-4H,1-2H2,(H,9,10). The Bertz CT molecular complexity index is 852. The fourth-order valence-electron chi connectivity index (χ4n) is 2.88. The van der Waals surface area contributed by atoms with Crippen molar-refractivity contribution in [2.45, 2.75) is 39.2 Å². The number of nitrogens with zero attached hydrogens (tertiary/aromatic N) is 3. The van der Waals surface area contributed by atoms with Crippen LogP contribution in [0.5, 0.6) is 0 Å². The maximum atomic E-state index is 12.0. The smallest absolute Gasteiger partial charge is 0.416 e. The highest BCUT2D eigenvalue weighted by Gasteiger charge is 2.30. The number of pyridine rings is 2. The van der Waals surface area contributed by atoms with Crippen LogP contribution in [0.1, 0.15) is 31.9 Å². The number of carbonyl (C=O) groups excluding carboxylic acids is 1. The lowest BCUT2D eigenvalue weighted by atomic mass is 10.2. The van der Waals surface area contributed by atoms with Crippen molar-refractivity contribution in [3.8, 4) is 0 Å². The monoisotopic (exact) mass is 496 g/mol. The lowest BCUT2D eigenvalue weighted by Gasteiger charge is -2.24. The summed E-state index contributed by atoms with van der Waals surface area (Å²) < 4.78 is 7.34. The first kappa shape index (κ1) is 20.1. The second-order valence-electron chi connectivity index (χ2n) is 7.36. The Morgan fingerprint density at radius 2 is 1.78 bits per heavy atom. The van der Waals surface area contributed by atoms with E-state index in [1.807, 2.05) is 33.0 Å². The summed E-state index contributed by atoms with van der Waals surface area (Å²) in [4.78, 5) is 22.0. The molecule has 144 valence electrons. The van der Waals surface area contributed by atoms with Crippen molar-refractivity contribution < 1.29 is 9.53 Å². The first-order valence-electron chi connectivity index (χ1n) is 8.76. The van der Waals surface area contributed by atoms with E-state index in [-0.39, 0.29) is 6.09 Å². The minimum absolute atomic E-state index is 0.328. The number of anilines is 2. The molecule has 4 heterocycles. The Labute approximate surface area is 176 Å². The highest BCUT2D eigenvalue weighted by atomic mass is 79.9. The zero-order valence-electron chi connectivity index (χ0n) is 15.6. The molecule has 0 bridgehead atoms. The SMILES string of the molecule is Brc1cnc2c(c1)CCN2.CC(C)(C)OC(=O)N1CCc2cc(Br)cnc21. The van der Waals surface area contributed by atoms with Crippen LogP contribution in [-0.4, -0.2) is 34.8 Å². The molecule has 2 aromatic rings. The second-order valence-corrected chi connectivity index (χ2v) is 9.19. The van der Waals surface area contributed by atoms with Crippen molar-refractivity contribution in [3.63, 3.8) is 0 Å². The van der Waals surface area contributed by atoms with Gasteiger partial charge >= 0.3 is 6.09 Å². The van der Waals surface area contributed by atoms with Gasteiger partial charge in [-0.05, 0) is 88.7 Å². The van der Waals surface area contributed by atoms with Crippen LogP contribution in [0, 0.1) is 0 Å². The second kappa shape index (κ2) is 8.14. The molecule has 2 aliphatic rings. The maximum Gasteiger partial charge on any atom is 0.416 e. The number of hydrogen-bond acceptors (Lipinski definition) is 5. The molecule has 8 heteroatoms. The van der Waals surface area contributed by atoms with Crippen molar-refractivity contribution in [1.29, 1.82) is 0 Å². The van der Waals surface area contributed by atoms with Gasteiger partial charge in [0.1, 0.15) is 17.2 Å². The molecule has 0 saturated carbocycles. The minimum Gasteiger partial charge on any atom is -0.443 e. The van der Waals surface area contributed by atoms with Crippen LogP contribution in [0.4, 0.5) is 16.4 Å². The molecule has 1 N–H and O–H groups in total. The summed E-state index contributed by atoms with van der Waals surface area (Å²) >= 11 is 6.75. The van der Waals surface area contributed by atoms with Crippen molar-refractivity contribution in [3.05, 3.63) is 44.6 Å². The van der Waals surface area contributed by atoms with Crippen molar-refractivity contribution in [2.75, 3.05) is 23.3 Å². The van der Waals surface area contributed by atoms with Gasteiger partial charge in [0.15, 0.2) is 0 Å². The van der Waals surface area contributed by atoms with Gasteiger partial charge in [-0.25, -0.2) is 14.8 Å². The molecule has 0 spiro atoms. The van der Waals surface area contributed by atoms with E-state index in [4.69, 9.17) is 4.74 Å². The average Bonchev–Trinajstić information content (AvgIpc) is 3.19. The van der Waals surface area contributed by atoms with Gasteiger partial charge in [-0.2, -0.15) is 0 Å². The quantitative estimate of drug-likeness (QED) is 0.557. The number of halogens is 2. The fraction of sp³-hybridized carbons (Fsp3) is 0.421. The number of hydrogen-bond donors (Lipinski definition) is 1. The van der Waals surface area contributed by atoms with Crippen LogP contribution < -0.4 is 10.2 Å². The summed E-state index contributed by atoms with van der Waals surface area (Å²) in [6.07, 6.45) is 5.10. The van der Waals surface area contributed by atoms with Gasteiger partial charge in [-0.15, -0.1) is 0 Å². The molecule has 6 nitrogen and oxygen atoms in total. The van der Waals surface area contributed by atoms with Crippen LogP contribution in [0.25, 0.3) is 0 Å². The highest BCUT2D eigenvalue weighted by Crippen LogP contribution is 2.29. The molecule has 0 unspecified atom stereocenters. The first-order valence-corrected chi connectivity index (χ1v) is 10.3. The third-order valence-corrected chi connectivity index (χ3v) is 4.87. The zero-order chi connectivity index (χ0) is 19.6. The van der Waals surface area contributed by atoms with Gasteiger partial charge in [-0.3, -0.25) is 4.90 Å². The van der Waals surface area contributed by atoms with Crippen LogP contribution in [0.3, 0.4) is 0 Å². The summed E-state index contributed by atoms with van der Waals surface area (Å²) in [7, 11) is 0. The Balaban J connectivity index is 0.000000177. The van der Waals surface area contributed by atoms with Gasteiger partial charge in [0.2, 0.25) is 0 Å². The molecular formula is C19H22Br2N4O2. The zero-order valence-corrected chi connectivity index (χ0v) is 18.7. The number of fused-ring (bicyclic) bond motifs is 2. The van der Waals surface area contributed by atoms with E-state index < -0.39 is 5.60 Å². The molecule has 2 aliphatic heterocycles. The van der Waals surface area contributed by atoms with E-state index in [0.717, 1.165) is 39.7 Å². The Kier molecular flexibility index (Phi) is 6.05. The Morgan fingerprint density at radius 3 is 2.48 bits per heavy atom. The number of rotatable bonds is 0. The molecular weight excluding hydrogens is 476 g/mol. The van der Waals surface area contributed by atoms with E-state index in [1.54, 1.807) is 11.1 Å². The Morgan fingerprint density at radius 1 is 1.11 bits per heavy atom. The summed E-state index contributed by atoms with van der Waals surface area (Å²) in [5.74, 6) is 1.76. The predicted octanol–water partition coefficient (Wildman–Crippen LogP) is 4.95. The molecule has 0 fully saturated rings. The van der Waals surface area contributed by atoms with Gasteiger partial charge in [0, 0.05) is 34.4 Å².